The highest BCUT2D eigenvalue weighted by atomic mass is 16.5. The maximum absolute atomic E-state index is 12.7. The topological polar surface area (TPSA) is 71.5 Å². The van der Waals surface area contributed by atoms with E-state index < -0.39 is 0 Å². The SMILES string of the molecule is CC(C)(C)c1ccc(NC(=O)[C@H]2CCO[C@@H]2c2cccnc2)c(O)c1. The van der Waals surface area contributed by atoms with Crippen LogP contribution in [-0.4, -0.2) is 22.6 Å². The van der Waals surface area contributed by atoms with Crippen LogP contribution in [0.25, 0.3) is 0 Å². The zero-order valence-corrected chi connectivity index (χ0v) is 14.8. The summed E-state index contributed by atoms with van der Waals surface area (Å²) in [6.07, 6.45) is 3.77. The summed E-state index contributed by atoms with van der Waals surface area (Å²) < 4.78 is 5.74. The number of hydrogen-bond donors (Lipinski definition) is 2. The standard InChI is InChI=1S/C20H24N2O3/c1-20(2,3)14-6-7-16(17(23)11-14)22-19(24)15-8-10-25-18(15)13-5-4-9-21-12-13/h4-7,9,11-12,15,18,23H,8,10H2,1-3H3,(H,22,24)/t15-,18+/m0/s1. The molecule has 1 fully saturated rings. The van der Waals surface area contributed by atoms with E-state index in [0.717, 1.165) is 11.1 Å². The van der Waals surface area contributed by atoms with Crippen molar-refractivity contribution in [3.05, 3.63) is 53.9 Å². The maximum atomic E-state index is 12.7. The number of nitrogens with zero attached hydrogens (tertiary/aromatic N) is 1. The second-order valence-corrected chi connectivity index (χ2v) is 7.44. The first-order valence-corrected chi connectivity index (χ1v) is 8.52. The monoisotopic (exact) mass is 340 g/mol. The van der Waals surface area contributed by atoms with Gasteiger partial charge in [-0.25, -0.2) is 0 Å². The summed E-state index contributed by atoms with van der Waals surface area (Å²) in [5.41, 5.74) is 2.27. The van der Waals surface area contributed by atoms with Crippen molar-refractivity contribution in [3.8, 4) is 5.75 Å². The summed E-state index contributed by atoms with van der Waals surface area (Å²) in [5.74, 6) is -0.367. The largest absolute Gasteiger partial charge is 0.506 e. The molecule has 0 spiro atoms. The number of benzene rings is 1. The Balaban J connectivity index is 1.76. The third-order valence-electron chi connectivity index (χ3n) is 4.56. The van der Waals surface area contributed by atoms with Crippen molar-refractivity contribution in [1.82, 2.24) is 4.98 Å². The van der Waals surface area contributed by atoms with Crippen LogP contribution >= 0.6 is 0 Å². The van der Waals surface area contributed by atoms with Crippen molar-refractivity contribution >= 4 is 11.6 Å². The molecule has 2 aromatic rings. The first-order valence-electron chi connectivity index (χ1n) is 8.52. The van der Waals surface area contributed by atoms with Crippen molar-refractivity contribution in [3.63, 3.8) is 0 Å². The quantitative estimate of drug-likeness (QED) is 0.834. The van der Waals surface area contributed by atoms with E-state index in [9.17, 15) is 9.90 Å². The summed E-state index contributed by atoms with van der Waals surface area (Å²) in [5, 5.41) is 13.1. The number of hydrogen-bond acceptors (Lipinski definition) is 4. The van der Waals surface area contributed by atoms with Crippen molar-refractivity contribution in [1.29, 1.82) is 0 Å². The van der Waals surface area contributed by atoms with Gasteiger partial charge in [-0.1, -0.05) is 32.9 Å². The van der Waals surface area contributed by atoms with Crippen LogP contribution in [0, 0.1) is 5.92 Å². The molecular weight excluding hydrogens is 316 g/mol. The second-order valence-electron chi connectivity index (χ2n) is 7.44. The Labute approximate surface area is 148 Å². The molecule has 2 heterocycles. The lowest BCUT2D eigenvalue weighted by molar-refractivity contribution is -0.121. The van der Waals surface area contributed by atoms with Gasteiger partial charge >= 0.3 is 0 Å². The average molecular weight is 340 g/mol. The van der Waals surface area contributed by atoms with Crippen molar-refractivity contribution in [2.75, 3.05) is 11.9 Å². The molecule has 1 aliphatic heterocycles. The van der Waals surface area contributed by atoms with Gasteiger partial charge in [0, 0.05) is 19.0 Å². The first-order chi connectivity index (χ1) is 11.9. The van der Waals surface area contributed by atoms with Gasteiger partial charge in [-0.2, -0.15) is 0 Å². The summed E-state index contributed by atoms with van der Waals surface area (Å²) in [7, 11) is 0. The number of nitrogens with one attached hydrogen (secondary N) is 1. The van der Waals surface area contributed by atoms with Crippen molar-refractivity contribution in [2.24, 2.45) is 5.92 Å². The predicted molar refractivity (Wildman–Crippen MR) is 96.5 cm³/mol. The van der Waals surface area contributed by atoms with Crippen LogP contribution in [-0.2, 0) is 14.9 Å². The van der Waals surface area contributed by atoms with Crippen LogP contribution in [0.3, 0.4) is 0 Å². The zero-order valence-electron chi connectivity index (χ0n) is 14.8. The minimum Gasteiger partial charge on any atom is -0.506 e. The molecule has 3 rings (SSSR count). The van der Waals surface area contributed by atoms with Crippen molar-refractivity contribution in [2.45, 2.75) is 38.7 Å². The van der Waals surface area contributed by atoms with Crippen LogP contribution in [0.2, 0.25) is 0 Å². The molecule has 1 saturated heterocycles. The van der Waals surface area contributed by atoms with Crippen molar-refractivity contribution < 1.29 is 14.6 Å². The van der Waals surface area contributed by atoms with E-state index in [1.54, 1.807) is 24.5 Å². The maximum Gasteiger partial charge on any atom is 0.230 e. The van der Waals surface area contributed by atoms with E-state index in [1.165, 1.54) is 0 Å². The number of aromatic hydroxyl groups is 1. The molecule has 132 valence electrons. The van der Waals surface area contributed by atoms with Crippen LogP contribution in [0.5, 0.6) is 5.75 Å². The third kappa shape index (κ3) is 3.82. The number of anilines is 1. The summed E-state index contributed by atoms with van der Waals surface area (Å²) in [4.78, 5) is 16.8. The first kappa shape index (κ1) is 17.4. The third-order valence-corrected chi connectivity index (χ3v) is 4.56. The van der Waals surface area contributed by atoms with E-state index in [1.807, 2.05) is 18.2 Å². The van der Waals surface area contributed by atoms with Gasteiger partial charge in [-0.15, -0.1) is 0 Å². The predicted octanol–water partition coefficient (Wildman–Crippen LogP) is 3.80. The van der Waals surface area contributed by atoms with Crippen LogP contribution in [0.15, 0.2) is 42.7 Å². The minimum atomic E-state index is -0.301. The molecule has 25 heavy (non-hydrogen) atoms. The Morgan fingerprint density at radius 1 is 1.32 bits per heavy atom. The Morgan fingerprint density at radius 3 is 2.76 bits per heavy atom. The number of phenols is 1. The lowest BCUT2D eigenvalue weighted by Gasteiger charge is -2.21. The Kier molecular flexibility index (Phi) is 4.77. The smallest absolute Gasteiger partial charge is 0.230 e. The number of aromatic nitrogens is 1. The summed E-state index contributed by atoms with van der Waals surface area (Å²) in [6, 6.07) is 9.14. The molecule has 1 aromatic carbocycles. The number of ether oxygens (including phenoxy) is 1. The highest BCUT2D eigenvalue weighted by Gasteiger charge is 2.35. The summed E-state index contributed by atoms with van der Waals surface area (Å²) in [6.45, 7) is 6.77. The molecule has 2 N–H and O–H groups in total. The molecule has 5 nitrogen and oxygen atoms in total. The van der Waals surface area contributed by atoms with E-state index in [0.29, 0.717) is 18.7 Å². The van der Waals surface area contributed by atoms with Gasteiger partial charge in [0.25, 0.3) is 0 Å². The number of phenolic OH excluding ortho intramolecular Hbond substituents is 1. The lowest BCUT2D eigenvalue weighted by Crippen LogP contribution is -2.25. The second kappa shape index (κ2) is 6.84. The van der Waals surface area contributed by atoms with Gasteiger partial charge in [0.1, 0.15) is 5.75 Å². The van der Waals surface area contributed by atoms with Gasteiger partial charge in [-0.05, 0) is 41.2 Å². The fourth-order valence-electron chi connectivity index (χ4n) is 3.06. The van der Waals surface area contributed by atoms with Gasteiger partial charge in [0.05, 0.1) is 17.7 Å². The molecule has 1 aromatic heterocycles. The van der Waals surface area contributed by atoms with E-state index in [4.69, 9.17) is 4.74 Å². The highest BCUT2D eigenvalue weighted by Crippen LogP contribution is 2.36. The molecule has 0 saturated carbocycles. The number of pyridine rings is 1. The zero-order chi connectivity index (χ0) is 18.0. The molecule has 0 aliphatic carbocycles. The molecule has 5 heteroatoms. The van der Waals surface area contributed by atoms with Gasteiger partial charge in [0.2, 0.25) is 5.91 Å². The molecule has 0 unspecified atom stereocenters. The molecule has 1 aliphatic rings. The number of rotatable bonds is 3. The normalized spacial score (nSPS) is 20.4. The van der Waals surface area contributed by atoms with Gasteiger partial charge < -0.3 is 15.2 Å². The summed E-state index contributed by atoms with van der Waals surface area (Å²) >= 11 is 0. The number of amides is 1. The molecule has 1 amide bonds. The Bertz CT molecular complexity index is 753. The Morgan fingerprint density at radius 2 is 2.12 bits per heavy atom. The van der Waals surface area contributed by atoms with E-state index in [-0.39, 0.29) is 29.1 Å². The number of carbonyl (C=O) groups is 1. The Hall–Kier alpha value is -2.40. The van der Waals surface area contributed by atoms with Crippen LogP contribution in [0.4, 0.5) is 5.69 Å². The molecule has 0 radical (unpaired) electrons. The molecule has 0 bridgehead atoms. The average Bonchev–Trinajstić information content (AvgIpc) is 3.06. The van der Waals surface area contributed by atoms with Gasteiger partial charge in [-0.3, -0.25) is 9.78 Å². The van der Waals surface area contributed by atoms with E-state index >= 15 is 0 Å². The lowest BCUT2D eigenvalue weighted by atomic mass is 9.87. The fourth-order valence-corrected chi connectivity index (χ4v) is 3.06. The number of carbonyl (C=O) groups excluding carboxylic acids is 1. The van der Waals surface area contributed by atoms with Crippen LogP contribution < -0.4 is 5.32 Å². The van der Waals surface area contributed by atoms with Gasteiger partial charge in [0.15, 0.2) is 0 Å². The molecule has 2 atom stereocenters. The van der Waals surface area contributed by atoms with E-state index in [2.05, 4.69) is 31.1 Å². The fraction of sp³-hybridized carbons (Fsp3) is 0.400. The molecular formula is C20H24N2O3. The minimum absolute atomic E-state index is 0.0648. The van der Waals surface area contributed by atoms with Crippen LogP contribution in [0.1, 0.15) is 44.4 Å². The highest BCUT2D eigenvalue weighted by molar-refractivity contribution is 5.94.